The molecule has 0 amide bonds. The lowest BCUT2D eigenvalue weighted by atomic mass is 10.2. The Hall–Kier alpha value is -2.67. The van der Waals surface area contributed by atoms with E-state index in [-0.39, 0.29) is 10.8 Å². The molecular weight excluding hydrogens is 314 g/mol. The van der Waals surface area contributed by atoms with Gasteiger partial charge in [0.05, 0.1) is 5.39 Å². The maximum absolute atomic E-state index is 12.3. The van der Waals surface area contributed by atoms with E-state index >= 15 is 0 Å². The summed E-state index contributed by atoms with van der Waals surface area (Å²) in [6.45, 7) is 1.94. The molecule has 0 aliphatic heterocycles. The predicted octanol–water partition coefficient (Wildman–Crippen LogP) is 2.84. The number of fused-ring (bicyclic) bond motifs is 1. The molecule has 0 saturated carbocycles. The molecule has 6 nitrogen and oxygen atoms in total. The summed E-state index contributed by atoms with van der Waals surface area (Å²) in [5, 5.41) is 1.50. The van der Waals surface area contributed by atoms with Crippen LogP contribution in [0, 0.1) is 0 Å². The van der Waals surface area contributed by atoms with Gasteiger partial charge in [0.15, 0.2) is 0 Å². The van der Waals surface area contributed by atoms with Gasteiger partial charge in [0, 0.05) is 11.6 Å². The molecule has 23 heavy (non-hydrogen) atoms. The second-order valence-corrected chi connectivity index (χ2v) is 6.65. The lowest BCUT2D eigenvalue weighted by Crippen LogP contribution is -2.01. The van der Waals surface area contributed by atoms with E-state index in [0.29, 0.717) is 17.6 Å². The normalized spacial score (nSPS) is 12.0. The predicted molar refractivity (Wildman–Crippen MR) is 86.7 cm³/mol. The van der Waals surface area contributed by atoms with Crippen LogP contribution in [0.15, 0.2) is 59.2 Å². The fourth-order valence-corrected chi connectivity index (χ4v) is 3.42. The summed E-state index contributed by atoms with van der Waals surface area (Å²) in [6.07, 6.45) is 4.22. The van der Waals surface area contributed by atoms with Gasteiger partial charge in [-0.3, -0.25) is 0 Å². The highest BCUT2D eigenvalue weighted by Crippen LogP contribution is 2.30. The van der Waals surface area contributed by atoms with Crippen LogP contribution in [0.2, 0.25) is 0 Å². The van der Waals surface area contributed by atoms with Gasteiger partial charge >= 0.3 is 0 Å². The highest BCUT2D eigenvalue weighted by Gasteiger charge is 2.21. The van der Waals surface area contributed by atoms with Crippen LogP contribution in [0.3, 0.4) is 0 Å². The van der Waals surface area contributed by atoms with E-state index in [1.54, 1.807) is 6.92 Å². The quantitative estimate of drug-likeness (QED) is 0.778. The van der Waals surface area contributed by atoms with Crippen molar-refractivity contribution in [1.29, 1.82) is 0 Å². The molecule has 0 atom stereocenters. The Morgan fingerprint density at radius 1 is 1.22 bits per heavy atom. The fourth-order valence-electron chi connectivity index (χ4n) is 2.22. The third-order valence-corrected chi connectivity index (χ3v) is 4.80. The Morgan fingerprint density at radius 3 is 2.74 bits per heavy atom. The number of aromatic amines is 1. The molecule has 2 heterocycles. The summed E-state index contributed by atoms with van der Waals surface area (Å²) in [5.41, 5.74) is 1.39. The maximum atomic E-state index is 12.3. The zero-order chi connectivity index (χ0) is 16.3. The number of rotatable bonds is 5. The van der Waals surface area contributed by atoms with Gasteiger partial charge in [0.2, 0.25) is 15.7 Å². The molecule has 0 saturated heterocycles. The van der Waals surface area contributed by atoms with E-state index in [1.807, 2.05) is 30.3 Å². The molecule has 0 radical (unpaired) electrons. The van der Waals surface area contributed by atoms with Gasteiger partial charge in [-0.15, -0.1) is 0 Å². The highest BCUT2D eigenvalue weighted by molar-refractivity contribution is 7.94. The molecule has 2 aromatic heterocycles. The number of ether oxygens (including phenoxy) is 1. The van der Waals surface area contributed by atoms with Gasteiger partial charge in [-0.05, 0) is 12.5 Å². The first-order valence-corrected chi connectivity index (χ1v) is 8.53. The van der Waals surface area contributed by atoms with Crippen molar-refractivity contribution in [2.45, 2.75) is 18.4 Å². The van der Waals surface area contributed by atoms with E-state index in [2.05, 4.69) is 15.0 Å². The molecular formula is C16H15N3O3S. The summed E-state index contributed by atoms with van der Waals surface area (Å²) in [6, 6.07) is 9.58. The maximum Gasteiger partial charge on any atom is 0.227 e. The van der Waals surface area contributed by atoms with Crippen molar-refractivity contribution in [1.82, 2.24) is 15.0 Å². The first kappa shape index (κ1) is 15.2. The summed E-state index contributed by atoms with van der Waals surface area (Å²) < 4.78 is 30.3. The molecule has 3 rings (SSSR count). The molecule has 0 aliphatic carbocycles. The van der Waals surface area contributed by atoms with Crippen LogP contribution in [0.5, 0.6) is 5.88 Å². The monoisotopic (exact) mass is 329 g/mol. The second kappa shape index (κ2) is 6.21. The van der Waals surface area contributed by atoms with Crippen LogP contribution in [-0.4, -0.2) is 23.4 Å². The van der Waals surface area contributed by atoms with Crippen molar-refractivity contribution in [3.8, 4) is 5.88 Å². The zero-order valence-corrected chi connectivity index (χ0v) is 13.2. The Kier molecular flexibility index (Phi) is 4.12. The Bertz CT molecular complexity index is 947. The minimum atomic E-state index is -3.57. The Balaban J connectivity index is 2.02. The summed E-state index contributed by atoms with van der Waals surface area (Å²) in [5.74, 6) is 0.239. The largest absolute Gasteiger partial charge is 0.472 e. The van der Waals surface area contributed by atoms with Crippen LogP contribution in [0.1, 0.15) is 12.5 Å². The van der Waals surface area contributed by atoms with Crippen molar-refractivity contribution in [2.24, 2.45) is 0 Å². The number of nitrogens with one attached hydrogen (secondary N) is 1. The van der Waals surface area contributed by atoms with E-state index in [4.69, 9.17) is 4.74 Å². The number of aromatic nitrogens is 3. The number of nitrogens with zero attached hydrogens (tertiary/aromatic N) is 2. The lowest BCUT2D eigenvalue weighted by molar-refractivity contribution is 0.297. The number of H-pyrrole nitrogens is 1. The SMILES string of the molecule is CC=CS(=O)(=O)c1c[nH]c2ncnc(OCc3ccccc3)c12. The highest BCUT2D eigenvalue weighted by atomic mass is 32.2. The minimum Gasteiger partial charge on any atom is -0.472 e. The van der Waals surface area contributed by atoms with Crippen molar-refractivity contribution in [3.05, 3.63) is 59.9 Å². The lowest BCUT2D eigenvalue weighted by Gasteiger charge is -2.07. The fraction of sp³-hybridized carbons (Fsp3) is 0.125. The molecule has 0 fully saturated rings. The number of hydrogen-bond donors (Lipinski definition) is 1. The summed E-state index contributed by atoms with van der Waals surface area (Å²) >= 11 is 0. The second-order valence-electron chi connectivity index (χ2n) is 4.84. The van der Waals surface area contributed by atoms with Crippen LogP contribution >= 0.6 is 0 Å². The standard InChI is InChI=1S/C16H15N3O3S/c1-2-8-23(20,21)13-9-17-15-14(13)16(19-11-18-15)22-10-12-6-4-3-5-7-12/h2-9,11H,10H2,1H3,(H,17,18,19). The van der Waals surface area contributed by atoms with Gasteiger partial charge in [-0.25, -0.2) is 18.4 Å². The first-order chi connectivity index (χ1) is 11.1. The third-order valence-electron chi connectivity index (χ3n) is 3.24. The molecule has 0 aliphatic rings. The molecule has 0 spiro atoms. The molecule has 1 aromatic carbocycles. The van der Waals surface area contributed by atoms with E-state index in [1.165, 1.54) is 18.6 Å². The number of sulfone groups is 1. The van der Waals surface area contributed by atoms with Crippen molar-refractivity contribution >= 4 is 20.9 Å². The summed E-state index contributed by atoms with van der Waals surface area (Å²) in [4.78, 5) is 11.1. The number of allylic oxidation sites excluding steroid dienone is 1. The van der Waals surface area contributed by atoms with Crippen molar-refractivity contribution in [3.63, 3.8) is 0 Å². The van der Waals surface area contributed by atoms with Crippen LogP contribution < -0.4 is 4.74 Å². The first-order valence-electron chi connectivity index (χ1n) is 6.98. The third kappa shape index (κ3) is 3.09. The average molecular weight is 329 g/mol. The Morgan fingerprint density at radius 2 is 2.00 bits per heavy atom. The molecule has 3 aromatic rings. The molecule has 118 valence electrons. The van der Waals surface area contributed by atoms with Crippen LogP contribution in [0.25, 0.3) is 11.0 Å². The summed E-state index contributed by atoms with van der Waals surface area (Å²) in [7, 11) is -3.57. The van der Waals surface area contributed by atoms with Gasteiger partial charge in [0.25, 0.3) is 0 Å². The molecule has 0 unspecified atom stereocenters. The van der Waals surface area contributed by atoms with E-state index < -0.39 is 9.84 Å². The minimum absolute atomic E-state index is 0.106. The van der Waals surface area contributed by atoms with Crippen molar-refractivity contribution < 1.29 is 13.2 Å². The van der Waals surface area contributed by atoms with Gasteiger partial charge in [-0.1, -0.05) is 36.4 Å². The van der Waals surface area contributed by atoms with E-state index in [0.717, 1.165) is 11.0 Å². The molecule has 0 bridgehead atoms. The molecule has 1 N–H and O–H groups in total. The van der Waals surface area contributed by atoms with Crippen molar-refractivity contribution in [2.75, 3.05) is 0 Å². The zero-order valence-electron chi connectivity index (χ0n) is 12.4. The molecule has 7 heteroatoms. The van der Waals surface area contributed by atoms with Crippen LogP contribution in [-0.2, 0) is 16.4 Å². The van der Waals surface area contributed by atoms with E-state index in [9.17, 15) is 8.42 Å². The Labute approximate surface area is 133 Å². The van der Waals surface area contributed by atoms with Gasteiger partial charge in [-0.2, -0.15) is 0 Å². The van der Waals surface area contributed by atoms with Gasteiger partial charge in [0.1, 0.15) is 23.5 Å². The topological polar surface area (TPSA) is 84.9 Å². The smallest absolute Gasteiger partial charge is 0.227 e. The number of benzene rings is 1. The van der Waals surface area contributed by atoms with Gasteiger partial charge < -0.3 is 9.72 Å². The van der Waals surface area contributed by atoms with Crippen LogP contribution in [0.4, 0.5) is 0 Å². The number of hydrogen-bond acceptors (Lipinski definition) is 5. The average Bonchev–Trinajstić information content (AvgIpc) is 2.99.